The number of nitrogens with one attached hydrogen (secondary N) is 1. The molecule has 0 spiro atoms. The first-order valence-corrected chi connectivity index (χ1v) is 8.41. The second kappa shape index (κ2) is 6.04. The minimum Gasteiger partial charge on any atom is -0.302 e. The van der Waals surface area contributed by atoms with Gasteiger partial charge in [0.25, 0.3) is 0 Å². The van der Waals surface area contributed by atoms with E-state index >= 15 is 0 Å². The van der Waals surface area contributed by atoms with Crippen LogP contribution in [0.15, 0.2) is 0 Å². The number of thiazole rings is 1. The van der Waals surface area contributed by atoms with Gasteiger partial charge in [0.05, 0.1) is 5.69 Å². The highest BCUT2D eigenvalue weighted by molar-refractivity contribution is 7.15. The minimum atomic E-state index is 0.151. The third-order valence-corrected chi connectivity index (χ3v) is 5.42. The third-order valence-electron chi connectivity index (χ3n) is 4.35. The summed E-state index contributed by atoms with van der Waals surface area (Å²) in [6, 6.07) is 0. The van der Waals surface area contributed by atoms with Crippen molar-refractivity contribution in [1.29, 1.82) is 0 Å². The molecule has 1 fully saturated rings. The highest BCUT2D eigenvalue weighted by Gasteiger charge is 2.18. The molecule has 3 nitrogen and oxygen atoms in total. The molecule has 4 heteroatoms. The van der Waals surface area contributed by atoms with Crippen molar-refractivity contribution in [3.63, 3.8) is 0 Å². The van der Waals surface area contributed by atoms with Gasteiger partial charge in [-0.1, -0.05) is 25.7 Å². The average Bonchev–Trinajstić information content (AvgIpc) is 3.04. The lowest BCUT2D eigenvalue weighted by Gasteiger charge is -2.07. The highest BCUT2D eigenvalue weighted by atomic mass is 32.1. The predicted molar refractivity (Wildman–Crippen MR) is 78.6 cm³/mol. The summed E-state index contributed by atoms with van der Waals surface area (Å²) >= 11 is 1.68. The topological polar surface area (TPSA) is 42.0 Å². The number of rotatable bonds is 4. The summed E-state index contributed by atoms with van der Waals surface area (Å²) in [6.45, 7) is 0. The zero-order valence-electron chi connectivity index (χ0n) is 11.4. The SMILES string of the molecule is O=C(CCC1CCCC1)Nc1nc2c(s1)CCCC2. The Morgan fingerprint density at radius 1 is 1.21 bits per heavy atom. The molecule has 0 bridgehead atoms. The molecule has 0 saturated heterocycles. The lowest BCUT2D eigenvalue weighted by atomic mass is 10.0. The molecule has 1 aromatic heterocycles. The number of amides is 1. The predicted octanol–water partition coefficient (Wildman–Crippen LogP) is 3.93. The van der Waals surface area contributed by atoms with Crippen molar-refractivity contribution in [1.82, 2.24) is 4.98 Å². The smallest absolute Gasteiger partial charge is 0.226 e. The van der Waals surface area contributed by atoms with E-state index in [0.717, 1.165) is 30.3 Å². The maximum atomic E-state index is 11.9. The van der Waals surface area contributed by atoms with Gasteiger partial charge < -0.3 is 5.32 Å². The fourth-order valence-corrected chi connectivity index (χ4v) is 4.29. The van der Waals surface area contributed by atoms with Crippen LogP contribution in [0.25, 0.3) is 0 Å². The highest BCUT2D eigenvalue weighted by Crippen LogP contribution is 2.31. The molecule has 1 heterocycles. The molecule has 19 heavy (non-hydrogen) atoms. The minimum absolute atomic E-state index is 0.151. The van der Waals surface area contributed by atoms with Crippen molar-refractivity contribution in [2.24, 2.45) is 5.92 Å². The number of nitrogens with zero attached hydrogens (tertiary/aromatic N) is 1. The Labute approximate surface area is 118 Å². The van der Waals surface area contributed by atoms with Gasteiger partial charge in [-0.2, -0.15) is 0 Å². The van der Waals surface area contributed by atoms with Crippen molar-refractivity contribution in [3.05, 3.63) is 10.6 Å². The number of anilines is 1. The van der Waals surface area contributed by atoms with E-state index in [2.05, 4.69) is 10.3 Å². The van der Waals surface area contributed by atoms with Crippen molar-refractivity contribution < 1.29 is 4.79 Å². The Bertz CT molecular complexity index is 425. The summed E-state index contributed by atoms with van der Waals surface area (Å²) in [5, 5.41) is 3.81. The summed E-state index contributed by atoms with van der Waals surface area (Å²) in [4.78, 5) is 17.9. The van der Waals surface area contributed by atoms with Gasteiger partial charge in [-0.25, -0.2) is 4.98 Å². The molecule has 104 valence electrons. The van der Waals surface area contributed by atoms with Crippen molar-refractivity contribution in [2.45, 2.75) is 64.2 Å². The van der Waals surface area contributed by atoms with Crippen molar-refractivity contribution in [2.75, 3.05) is 5.32 Å². The van der Waals surface area contributed by atoms with Crippen LogP contribution in [0.1, 0.15) is 61.9 Å². The van der Waals surface area contributed by atoms with E-state index in [1.54, 1.807) is 11.3 Å². The van der Waals surface area contributed by atoms with Crippen molar-refractivity contribution in [3.8, 4) is 0 Å². The largest absolute Gasteiger partial charge is 0.302 e. The number of carbonyl (C=O) groups excluding carboxylic acids is 1. The van der Waals surface area contributed by atoms with Gasteiger partial charge in [0, 0.05) is 11.3 Å². The maximum absolute atomic E-state index is 11.9. The van der Waals surface area contributed by atoms with Gasteiger partial charge in [0.15, 0.2) is 5.13 Å². The summed E-state index contributed by atoms with van der Waals surface area (Å²) < 4.78 is 0. The van der Waals surface area contributed by atoms with Crippen LogP contribution in [0.4, 0.5) is 5.13 Å². The van der Waals surface area contributed by atoms with Gasteiger partial charge in [0.2, 0.25) is 5.91 Å². The Hall–Kier alpha value is -0.900. The second-order valence-corrected chi connectivity index (χ2v) is 6.92. The van der Waals surface area contributed by atoms with E-state index in [1.165, 1.54) is 49.1 Å². The summed E-state index contributed by atoms with van der Waals surface area (Å²) in [6.07, 6.45) is 11.8. The number of fused-ring (bicyclic) bond motifs is 1. The first-order valence-electron chi connectivity index (χ1n) is 7.59. The molecular weight excluding hydrogens is 256 g/mol. The molecule has 3 rings (SSSR count). The molecule has 1 aromatic rings. The van der Waals surface area contributed by atoms with Gasteiger partial charge in [-0.15, -0.1) is 11.3 Å². The fraction of sp³-hybridized carbons (Fsp3) is 0.733. The van der Waals surface area contributed by atoms with Gasteiger partial charge in [-0.3, -0.25) is 4.79 Å². The molecule has 1 N–H and O–H groups in total. The van der Waals surface area contributed by atoms with Gasteiger partial charge >= 0.3 is 0 Å². The number of aromatic nitrogens is 1. The number of hydrogen-bond donors (Lipinski definition) is 1. The monoisotopic (exact) mass is 278 g/mol. The van der Waals surface area contributed by atoms with E-state index in [4.69, 9.17) is 0 Å². The first-order chi connectivity index (χ1) is 9.31. The molecule has 0 aromatic carbocycles. The summed E-state index contributed by atoms with van der Waals surface area (Å²) in [5.41, 5.74) is 1.22. The zero-order valence-corrected chi connectivity index (χ0v) is 12.2. The average molecular weight is 278 g/mol. The van der Waals surface area contributed by atoms with Crippen LogP contribution in [-0.4, -0.2) is 10.9 Å². The molecule has 0 atom stereocenters. The first kappa shape index (κ1) is 13.1. The Balaban J connectivity index is 1.49. The van der Waals surface area contributed by atoms with E-state index in [-0.39, 0.29) is 5.91 Å². The van der Waals surface area contributed by atoms with Crippen molar-refractivity contribution >= 4 is 22.4 Å². The molecule has 0 radical (unpaired) electrons. The lowest BCUT2D eigenvalue weighted by molar-refractivity contribution is -0.116. The number of hydrogen-bond acceptors (Lipinski definition) is 3. The molecule has 0 aliphatic heterocycles. The summed E-state index contributed by atoms with van der Waals surface area (Å²) in [7, 11) is 0. The third kappa shape index (κ3) is 3.35. The van der Waals surface area contributed by atoms with E-state index in [1.807, 2.05) is 0 Å². The molecule has 1 saturated carbocycles. The molecule has 0 unspecified atom stereocenters. The normalized spacial score (nSPS) is 19.4. The molecule has 2 aliphatic rings. The van der Waals surface area contributed by atoms with Crippen LogP contribution in [0.5, 0.6) is 0 Å². The maximum Gasteiger partial charge on any atom is 0.226 e. The second-order valence-electron chi connectivity index (χ2n) is 5.83. The molecular formula is C15H22N2OS. The van der Waals surface area contributed by atoms with Crippen LogP contribution >= 0.6 is 11.3 Å². The van der Waals surface area contributed by atoms with E-state index < -0.39 is 0 Å². The van der Waals surface area contributed by atoms with Crippen LogP contribution < -0.4 is 5.32 Å². The Morgan fingerprint density at radius 2 is 2.00 bits per heavy atom. The van der Waals surface area contributed by atoms with Crippen LogP contribution in [0, 0.1) is 5.92 Å². The van der Waals surface area contributed by atoms with E-state index in [0.29, 0.717) is 6.42 Å². The Kier molecular flexibility index (Phi) is 4.16. The Morgan fingerprint density at radius 3 is 2.79 bits per heavy atom. The quantitative estimate of drug-likeness (QED) is 0.906. The summed E-state index contributed by atoms with van der Waals surface area (Å²) in [5.74, 6) is 0.938. The standard InChI is InChI=1S/C15H22N2OS/c18-14(10-9-11-5-1-2-6-11)17-15-16-12-7-3-4-8-13(12)19-15/h11H,1-10H2,(H,16,17,18). The molecule has 2 aliphatic carbocycles. The molecule has 1 amide bonds. The van der Waals surface area contributed by atoms with Crippen LogP contribution in [0.3, 0.4) is 0 Å². The van der Waals surface area contributed by atoms with Crippen LogP contribution in [-0.2, 0) is 17.6 Å². The van der Waals surface area contributed by atoms with Crippen LogP contribution in [0.2, 0.25) is 0 Å². The van der Waals surface area contributed by atoms with E-state index in [9.17, 15) is 4.79 Å². The van der Waals surface area contributed by atoms with Gasteiger partial charge in [0.1, 0.15) is 0 Å². The fourth-order valence-electron chi connectivity index (χ4n) is 3.22. The van der Waals surface area contributed by atoms with Gasteiger partial charge in [-0.05, 0) is 38.0 Å². The number of carbonyl (C=O) groups is 1. The lowest BCUT2D eigenvalue weighted by Crippen LogP contribution is -2.12. The number of aryl methyl sites for hydroxylation is 2. The zero-order chi connectivity index (χ0) is 13.1.